The summed E-state index contributed by atoms with van der Waals surface area (Å²) in [5, 5.41) is 29.2. The molecule has 0 amide bonds. The Kier molecular flexibility index (Phi) is 4.05. The topological polar surface area (TPSA) is 117 Å². The number of anilines is 1. The second-order valence-electron chi connectivity index (χ2n) is 4.73. The van der Waals surface area contributed by atoms with Crippen LogP contribution in [-0.4, -0.2) is 42.3 Å². The lowest BCUT2D eigenvalue weighted by Crippen LogP contribution is -2.41. The number of likely N-dealkylation sites (N-methyl/N-ethyl adjacent to an activating group) is 1. The number of hydrogen-bond acceptors (Lipinski definition) is 6. The molecule has 1 aliphatic rings. The van der Waals surface area contributed by atoms with Crippen LogP contribution < -0.4 is 4.90 Å². The van der Waals surface area contributed by atoms with Gasteiger partial charge in [0.05, 0.1) is 35.8 Å². The monoisotopic (exact) mass is 291 g/mol. The third-order valence-electron chi connectivity index (χ3n) is 3.55. The van der Waals surface area contributed by atoms with E-state index in [9.17, 15) is 14.9 Å². The molecule has 1 aliphatic heterocycles. The number of nitro benzene ring substituents is 1. The van der Waals surface area contributed by atoms with Gasteiger partial charge in [-0.2, -0.15) is 5.26 Å². The Morgan fingerprint density at radius 1 is 1.57 bits per heavy atom. The van der Waals surface area contributed by atoms with Crippen LogP contribution in [0.15, 0.2) is 18.2 Å². The Labute approximate surface area is 120 Å². The minimum Gasteiger partial charge on any atom is -0.481 e. The fourth-order valence-electron chi connectivity index (χ4n) is 2.37. The van der Waals surface area contributed by atoms with E-state index >= 15 is 0 Å². The third-order valence-corrected chi connectivity index (χ3v) is 3.55. The molecule has 1 saturated heterocycles. The van der Waals surface area contributed by atoms with E-state index in [1.807, 2.05) is 6.07 Å². The molecular formula is C13H13N3O5. The van der Waals surface area contributed by atoms with Crippen LogP contribution in [-0.2, 0) is 9.53 Å². The molecule has 2 atom stereocenters. The number of carboxylic acids is 1. The van der Waals surface area contributed by atoms with Crippen LogP contribution in [0.3, 0.4) is 0 Å². The SMILES string of the molecule is CN(c1cc(C#N)ccc1[N+](=O)[O-])C1COCC1C(=O)O. The minimum atomic E-state index is -1.01. The molecular weight excluding hydrogens is 278 g/mol. The smallest absolute Gasteiger partial charge is 0.311 e. The maximum Gasteiger partial charge on any atom is 0.311 e. The summed E-state index contributed by atoms with van der Waals surface area (Å²) in [4.78, 5) is 23.2. The molecule has 1 N–H and O–H groups in total. The minimum absolute atomic E-state index is 0.0656. The van der Waals surface area contributed by atoms with Crippen molar-refractivity contribution in [3.63, 3.8) is 0 Å². The van der Waals surface area contributed by atoms with E-state index in [2.05, 4.69) is 0 Å². The van der Waals surface area contributed by atoms with Gasteiger partial charge in [0.2, 0.25) is 0 Å². The fraction of sp³-hybridized carbons (Fsp3) is 0.385. The highest BCUT2D eigenvalue weighted by Gasteiger charge is 2.38. The highest BCUT2D eigenvalue weighted by atomic mass is 16.6. The molecule has 110 valence electrons. The predicted octanol–water partition coefficient (Wildman–Crippen LogP) is 1.00. The normalized spacial score (nSPS) is 20.8. The van der Waals surface area contributed by atoms with Crippen molar-refractivity contribution in [3.05, 3.63) is 33.9 Å². The third kappa shape index (κ3) is 2.78. The summed E-state index contributed by atoms with van der Waals surface area (Å²) in [5.41, 5.74) is 0.307. The fourth-order valence-corrected chi connectivity index (χ4v) is 2.37. The molecule has 1 aromatic rings. The largest absolute Gasteiger partial charge is 0.481 e. The maximum absolute atomic E-state index is 11.2. The first kappa shape index (κ1) is 14.7. The number of nitro groups is 1. The molecule has 1 heterocycles. The zero-order valence-corrected chi connectivity index (χ0v) is 11.2. The van der Waals surface area contributed by atoms with Gasteiger partial charge in [0.1, 0.15) is 11.6 Å². The summed E-state index contributed by atoms with van der Waals surface area (Å²) in [7, 11) is 1.57. The molecule has 1 aromatic carbocycles. The van der Waals surface area contributed by atoms with Crippen molar-refractivity contribution < 1.29 is 19.6 Å². The first-order valence-corrected chi connectivity index (χ1v) is 6.17. The lowest BCUT2D eigenvalue weighted by Gasteiger charge is -2.28. The number of carboxylic acid groups (broad SMARTS) is 1. The molecule has 2 unspecified atom stereocenters. The van der Waals surface area contributed by atoms with Crippen LogP contribution in [0.5, 0.6) is 0 Å². The van der Waals surface area contributed by atoms with Gasteiger partial charge in [0, 0.05) is 13.1 Å². The van der Waals surface area contributed by atoms with E-state index in [-0.39, 0.29) is 30.2 Å². The quantitative estimate of drug-likeness (QED) is 0.649. The number of ether oxygens (including phenoxy) is 1. The number of aliphatic carboxylic acids is 1. The summed E-state index contributed by atoms with van der Waals surface area (Å²) in [6.45, 7) is 0.234. The Bertz CT molecular complexity index is 625. The average Bonchev–Trinajstić information content (AvgIpc) is 2.95. The van der Waals surface area contributed by atoms with Gasteiger partial charge in [-0.15, -0.1) is 0 Å². The van der Waals surface area contributed by atoms with E-state index in [4.69, 9.17) is 15.1 Å². The highest BCUT2D eigenvalue weighted by Crippen LogP contribution is 2.32. The van der Waals surface area contributed by atoms with Crippen molar-refractivity contribution >= 4 is 17.3 Å². The number of rotatable bonds is 4. The summed E-state index contributed by atoms with van der Waals surface area (Å²) in [6, 6.07) is 5.38. The van der Waals surface area contributed by atoms with Gasteiger partial charge in [-0.25, -0.2) is 0 Å². The van der Waals surface area contributed by atoms with Crippen molar-refractivity contribution in [3.8, 4) is 6.07 Å². The van der Waals surface area contributed by atoms with Crippen LogP contribution in [0.25, 0.3) is 0 Å². The second kappa shape index (κ2) is 5.76. The Balaban J connectivity index is 2.42. The van der Waals surface area contributed by atoms with E-state index in [0.717, 1.165) is 0 Å². The molecule has 8 heteroatoms. The van der Waals surface area contributed by atoms with Crippen molar-refractivity contribution in [2.24, 2.45) is 5.92 Å². The molecule has 21 heavy (non-hydrogen) atoms. The summed E-state index contributed by atoms with van der Waals surface area (Å²) < 4.78 is 5.17. The Hall–Kier alpha value is -2.66. The maximum atomic E-state index is 11.2. The number of nitriles is 1. The number of benzene rings is 1. The molecule has 0 bridgehead atoms. The van der Waals surface area contributed by atoms with Gasteiger partial charge in [-0.3, -0.25) is 14.9 Å². The van der Waals surface area contributed by atoms with Crippen molar-refractivity contribution in [1.82, 2.24) is 0 Å². The van der Waals surface area contributed by atoms with Crippen molar-refractivity contribution in [2.45, 2.75) is 6.04 Å². The van der Waals surface area contributed by atoms with Crippen LogP contribution in [0.1, 0.15) is 5.56 Å². The molecule has 1 fully saturated rings. The lowest BCUT2D eigenvalue weighted by atomic mass is 10.0. The molecule has 2 rings (SSSR count). The Morgan fingerprint density at radius 3 is 2.86 bits per heavy atom. The van der Waals surface area contributed by atoms with Crippen molar-refractivity contribution in [1.29, 1.82) is 5.26 Å². The number of nitrogens with zero attached hydrogens (tertiary/aromatic N) is 3. The Morgan fingerprint density at radius 2 is 2.29 bits per heavy atom. The van der Waals surface area contributed by atoms with Gasteiger partial charge < -0.3 is 14.7 Å². The van der Waals surface area contributed by atoms with Gasteiger partial charge >= 0.3 is 5.97 Å². The van der Waals surface area contributed by atoms with Gasteiger partial charge in [-0.1, -0.05) is 0 Å². The summed E-state index contributed by atoms with van der Waals surface area (Å²) >= 11 is 0. The highest BCUT2D eigenvalue weighted by molar-refractivity contribution is 5.74. The molecule has 0 aliphatic carbocycles. The average molecular weight is 291 g/mol. The second-order valence-corrected chi connectivity index (χ2v) is 4.73. The zero-order valence-electron chi connectivity index (χ0n) is 11.2. The summed E-state index contributed by atoms with van der Waals surface area (Å²) in [6.07, 6.45) is 0. The molecule has 0 saturated carbocycles. The number of hydrogen-bond donors (Lipinski definition) is 1. The van der Waals surface area contributed by atoms with Gasteiger partial charge in [0.25, 0.3) is 5.69 Å². The van der Waals surface area contributed by atoms with Crippen molar-refractivity contribution in [2.75, 3.05) is 25.2 Å². The van der Waals surface area contributed by atoms with Gasteiger partial charge in [0.15, 0.2) is 0 Å². The lowest BCUT2D eigenvalue weighted by molar-refractivity contribution is -0.384. The van der Waals surface area contributed by atoms with E-state index in [0.29, 0.717) is 0 Å². The zero-order chi connectivity index (χ0) is 15.6. The molecule has 8 nitrogen and oxygen atoms in total. The van der Waals surface area contributed by atoms with Crippen LogP contribution in [0, 0.1) is 27.4 Å². The van der Waals surface area contributed by atoms with Gasteiger partial charge in [-0.05, 0) is 12.1 Å². The van der Waals surface area contributed by atoms with E-state index in [1.54, 1.807) is 7.05 Å². The standard InChI is InChI=1S/C13H13N3O5/c1-15(12-7-21-6-9(12)13(17)18)11-4-8(5-14)2-3-10(11)16(19)20/h2-4,9,12H,6-7H2,1H3,(H,17,18). The summed E-state index contributed by atoms with van der Waals surface area (Å²) in [5.74, 6) is -1.77. The first-order valence-electron chi connectivity index (χ1n) is 6.17. The van der Waals surface area contributed by atoms with Crippen LogP contribution in [0.2, 0.25) is 0 Å². The molecule has 0 spiro atoms. The molecule has 0 aromatic heterocycles. The van der Waals surface area contributed by atoms with Crippen LogP contribution >= 0.6 is 0 Å². The first-order chi connectivity index (χ1) is 9.95. The molecule has 0 radical (unpaired) electrons. The van der Waals surface area contributed by atoms with E-state index in [1.165, 1.54) is 23.1 Å². The predicted molar refractivity (Wildman–Crippen MR) is 71.9 cm³/mol. The van der Waals surface area contributed by atoms with Crippen LogP contribution in [0.4, 0.5) is 11.4 Å². The van der Waals surface area contributed by atoms with E-state index < -0.39 is 22.9 Å². The number of carbonyl (C=O) groups is 1.